The molecular weight excluding hydrogens is 259 g/mol. The van der Waals surface area contributed by atoms with Crippen LogP contribution in [-0.2, 0) is 6.54 Å². The summed E-state index contributed by atoms with van der Waals surface area (Å²) in [5, 5.41) is 6.30. The van der Waals surface area contributed by atoms with E-state index in [2.05, 4.69) is 10.6 Å². The van der Waals surface area contributed by atoms with Gasteiger partial charge in [0.1, 0.15) is 5.82 Å². The van der Waals surface area contributed by atoms with Crippen molar-refractivity contribution in [3.05, 3.63) is 65.5 Å². The van der Waals surface area contributed by atoms with Crippen molar-refractivity contribution in [2.45, 2.75) is 13.5 Å². The van der Waals surface area contributed by atoms with Crippen LogP contribution in [0.15, 0.2) is 48.5 Å². The summed E-state index contributed by atoms with van der Waals surface area (Å²) in [7, 11) is 0. The second kappa shape index (κ2) is 6.29. The molecule has 0 spiro atoms. The van der Waals surface area contributed by atoms with Crippen molar-refractivity contribution in [3.8, 4) is 0 Å². The van der Waals surface area contributed by atoms with E-state index in [0.29, 0.717) is 17.3 Å². The lowest BCUT2D eigenvalue weighted by Crippen LogP contribution is -2.28. The molecule has 0 bridgehead atoms. The molecule has 0 heterocycles. The van der Waals surface area contributed by atoms with Gasteiger partial charge >= 0.3 is 0 Å². The van der Waals surface area contributed by atoms with Gasteiger partial charge in [-0.1, -0.05) is 36.4 Å². The summed E-state index contributed by atoms with van der Waals surface area (Å²) < 4.78 is 13.6. The van der Waals surface area contributed by atoms with E-state index < -0.39 is 0 Å². The molecule has 2 aromatic carbocycles. The second-order valence-electron chi connectivity index (χ2n) is 4.28. The minimum Gasteiger partial charge on any atom is -0.358 e. The van der Waals surface area contributed by atoms with Gasteiger partial charge in [0.2, 0.25) is 0 Å². The molecule has 4 heteroatoms. The van der Waals surface area contributed by atoms with Crippen LogP contribution in [0.5, 0.6) is 0 Å². The van der Waals surface area contributed by atoms with Crippen molar-refractivity contribution in [1.82, 2.24) is 5.32 Å². The van der Waals surface area contributed by atoms with E-state index in [-0.39, 0.29) is 5.82 Å². The lowest BCUT2D eigenvalue weighted by Gasteiger charge is -2.11. The van der Waals surface area contributed by atoms with Crippen LogP contribution in [0.3, 0.4) is 0 Å². The molecule has 0 unspecified atom stereocenters. The highest BCUT2D eigenvalue weighted by molar-refractivity contribution is 7.80. The quantitative estimate of drug-likeness (QED) is 0.836. The average Bonchev–Trinajstić information content (AvgIpc) is 2.41. The minimum atomic E-state index is -0.302. The summed E-state index contributed by atoms with van der Waals surface area (Å²) in [4.78, 5) is 0. The van der Waals surface area contributed by atoms with E-state index in [9.17, 15) is 4.39 Å². The summed E-state index contributed by atoms with van der Waals surface area (Å²) in [6.45, 7) is 2.46. The zero-order valence-corrected chi connectivity index (χ0v) is 11.4. The zero-order valence-electron chi connectivity index (χ0n) is 10.6. The molecule has 2 aromatic rings. The van der Waals surface area contributed by atoms with Gasteiger partial charge in [0.15, 0.2) is 5.11 Å². The van der Waals surface area contributed by atoms with Crippen LogP contribution in [0.1, 0.15) is 11.1 Å². The maximum absolute atomic E-state index is 13.6. The third-order valence-electron chi connectivity index (χ3n) is 2.67. The summed E-state index contributed by atoms with van der Waals surface area (Å²) in [5.74, 6) is -0.302. The monoisotopic (exact) mass is 274 g/mol. The van der Waals surface area contributed by atoms with Gasteiger partial charge in [0, 0.05) is 6.54 Å². The maximum atomic E-state index is 13.6. The van der Waals surface area contributed by atoms with E-state index >= 15 is 0 Å². The average molecular weight is 274 g/mol. The Balaban J connectivity index is 1.91. The first-order valence-electron chi connectivity index (χ1n) is 6.00. The number of hydrogen-bond acceptors (Lipinski definition) is 1. The molecule has 0 atom stereocenters. The van der Waals surface area contributed by atoms with Crippen LogP contribution in [0.4, 0.5) is 10.1 Å². The highest BCUT2D eigenvalue weighted by atomic mass is 32.1. The van der Waals surface area contributed by atoms with Crippen LogP contribution in [0, 0.1) is 12.7 Å². The fourth-order valence-corrected chi connectivity index (χ4v) is 1.85. The van der Waals surface area contributed by atoms with Gasteiger partial charge in [-0.3, -0.25) is 0 Å². The fraction of sp³-hybridized carbons (Fsp3) is 0.133. The van der Waals surface area contributed by atoms with Crippen LogP contribution < -0.4 is 10.6 Å². The molecule has 19 heavy (non-hydrogen) atoms. The molecule has 2 rings (SSSR count). The third kappa shape index (κ3) is 4.03. The van der Waals surface area contributed by atoms with Crippen LogP contribution in [0.25, 0.3) is 0 Å². The number of anilines is 1. The number of halogens is 1. The van der Waals surface area contributed by atoms with Crippen molar-refractivity contribution in [2.75, 3.05) is 5.32 Å². The van der Waals surface area contributed by atoms with Crippen molar-refractivity contribution >= 4 is 23.0 Å². The molecule has 0 saturated heterocycles. The predicted molar refractivity (Wildman–Crippen MR) is 80.6 cm³/mol. The van der Waals surface area contributed by atoms with Crippen molar-refractivity contribution in [2.24, 2.45) is 0 Å². The summed E-state index contributed by atoms with van der Waals surface area (Å²) in [6.07, 6.45) is 0. The Morgan fingerprint density at radius 1 is 1.16 bits per heavy atom. The molecule has 0 aliphatic heterocycles. The highest BCUT2D eigenvalue weighted by Gasteiger charge is 2.03. The van der Waals surface area contributed by atoms with Gasteiger partial charge in [-0.25, -0.2) is 4.39 Å². The van der Waals surface area contributed by atoms with Gasteiger partial charge in [-0.2, -0.15) is 0 Å². The zero-order chi connectivity index (χ0) is 13.7. The van der Waals surface area contributed by atoms with Crippen molar-refractivity contribution in [1.29, 1.82) is 0 Å². The number of aryl methyl sites for hydroxylation is 1. The summed E-state index contributed by atoms with van der Waals surface area (Å²) in [6, 6.07) is 14.9. The highest BCUT2D eigenvalue weighted by Crippen LogP contribution is 2.15. The molecule has 98 valence electrons. The van der Waals surface area contributed by atoms with E-state index in [1.807, 2.05) is 43.3 Å². The minimum absolute atomic E-state index is 0.302. The number of rotatable bonds is 3. The number of nitrogens with one attached hydrogen (secondary N) is 2. The Bertz CT molecular complexity index is 570. The Morgan fingerprint density at radius 3 is 2.58 bits per heavy atom. The maximum Gasteiger partial charge on any atom is 0.171 e. The molecule has 0 aromatic heterocycles. The Morgan fingerprint density at radius 2 is 1.89 bits per heavy atom. The van der Waals surface area contributed by atoms with Gasteiger partial charge in [-0.05, 0) is 42.4 Å². The van der Waals surface area contributed by atoms with Crippen molar-refractivity contribution < 1.29 is 4.39 Å². The SMILES string of the molecule is Cc1ccc(NC(=S)NCc2ccccc2)c(F)c1. The predicted octanol–water partition coefficient (Wildman–Crippen LogP) is 3.62. The van der Waals surface area contributed by atoms with Gasteiger partial charge in [0.25, 0.3) is 0 Å². The third-order valence-corrected chi connectivity index (χ3v) is 2.92. The molecular formula is C15H15FN2S. The molecule has 0 aliphatic carbocycles. The van der Waals surface area contributed by atoms with Crippen LogP contribution >= 0.6 is 12.2 Å². The first kappa shape index (κ1) is 13.5. The standard InChI is InChI=1S/C15H15FN2S/c1-11-7-8-14(13(16)9-11)18-15(19)17-10-12-5-3-2-4-6-12/h2-9H,10H2,1H3,(H2,17,18,19). The normalized spacial score (nSPS) is 10.0. The number of thiocarbonyl (C=S) groups is 1. The fourth-order valence-electron chi connectivity index (χ4n) is 1.67. The molecule has 2 N–H and O–H groups in total. The molecule has 2 nitrogen and oxygen atoms in total. The Kier molecular flexibility index (Phi) is 4.47. The van der Waals surface area contributed by atoms with E-state index in [4.69, 9.17) is 12.2 Å². The Labute approximate surface area is 117 Å². The van der Waals surface area contributed by atoms with Crippen LogP contribution in [-0.4, -0.2) is 5.11 Å². The van der Waals surface area contributed by atoms with Crippen LogP contribution in [0.2, 0.25) is 0 Å². The molecule has 0 radical (unpaired) electrons. The summed E-state index contributed by atoms with van der Waals surface area (Å²) >= 11 is 5.14. The Hall–Kier alpha value is -1.94. The molecule has 0 saturated carbocycles. The lowest BCUT2D eigenvalue weighted by atomic mass is 10.2. The second-order valence-corrected chi connectivity index (χ2v) is 4.68. The largest absolute Gasteiger partial charge is 0.358 e. The molecule has 0 fully saturated rings. The van der Waals surface area contributed by atoms with Gasteiger partial charge in [-0.15, -0.1) is 0 Å². The first-order chi connectivity index (χ1) is 9.15. The number of hydrogen-bond donors (Lipinski definition) is 2. The first-order valence-corrected chi connectivity index (χ1v) is 6.41. The molecule has 0 aliphatic rings. The van der Waals surface area contributed by atoms with E-state index in [1.54, 1.807) is 6.07 Å². The molecule has 0 amide bonds. The number of benzene rings is 2. The van der Waals surface area contributed by atoms with E-state index in [0.717, 1.165) is 11.1 Å². The van der Waals surface area contributed by atoms with Gasteiger partial charge in [0.05, 0.1) is 5.69 Å². The summed E-state index contributed by atoms with van der Waals surface area (Å²) in [5.41, 5.74) is 2.39. The van der Waals surface area contributed by atoms with E-state index in [1.165, 1.54) is 6.07 Å². The lowest BCUT2D eigenvalue weighted by molar-refractivity contribution is 0.631. The van der Waals surface area contributed by atoms with Crippen molar-refractivity contribution in [3.63, 3.8) is 0 Å². The topological polar surface area (TPSA) is 24.1 Å². The smallest absolute Gasteiger partial charge is 0.171 e. The van der Waals surface area contributed by atoms with Gasteiger partial charge < -0.3 is 10.6 Å².